The molecule has 0 heterocycles. The fourth-order valence-electron chi connectivity index (χ4n) is 1.14. The Kier molecular flexibility index (Phi) is 4.55. The fraction of sp³-hybridized carbons (Fsp3) is 0.182. The van der Waals surface area contributed by atoms with Gasteiger partial charge in [0.25, 0.3) is 5.69 Å². The van der Waals surface area contributed by atoms with Crippen LogP contribution in [0.15, 0.2) is 18.2 Å². The standard InChI is InChI=1S/C11H9NO4S/c13-11(14)9-5-4-8(3-1-2-6-17)10(7-9)12(15)16/h4-5,7,17H,2,6H2,(H,13,14). The summed E-state index contributed by atoms with van der Waals surface area (Å²) >= 11 is 3.96. The van der Waals surface area contributed by atoms with Crippen LogP contribution in [0, 0.1) is 22.0 Å². The number of carboxylic acids is 1. The zero-order valence-corrected chi connectivity index (χ0v) is 9.61. The zero-order chi connectivity index (χ0) is 12.8. The molecule has 0 fully saturated rings. The highest BCUT2D eigenvalue weighted by atomic mass is 32.1. The Morgan fingerprint density at radius 1 is 1.53 bits per heavy atom. The van der Waals surface area contributed by atoms with Gasteiger partial charge in [-0.25, -0.2) is 4.79 Å². The first-order valence-electron chi connectivity index (χ1n) is 4.67. The number of nitro groups is 1. The summed E-state index contributed by atoms with van der Waals surface area (Å²) in [5.41, 5.74) is -0.213. The number of thiol groups is 1. The number of rotatable bonds is 3. The molecule has 5 nitrogen and oxygen atoms in total. The van der Waals surface area contributed by atoms with E-state index in [1.54, 1.807) is 0 Å². The lowest BCUT2D eigenvalue weighted by molar-refractivity contribution is -0.385. The molecular weight excluding hydrogens is 242 g/mol. The van der Waals surface area contributed by atoms with E-state index < -0.39 is 10.9 Å². The van der Waals surface area contributed by atoms with Crippen molar-refractivity contribution in [1.82, 2.24) is 0 Å². The molecule has 0 radical (unpaired) electrons. The van der Waals surface area contributed by atoms with E-state index in [1.807, 2.05) is 0 Å². The van der Waals surface area contributed by atoms with Gasteiger partial charge in [-0.2, -0.15) is 12.6 Å². The second kappa shape index (κ2) is 5.92. The second-order valence-corrected chi connectivity index (χ2v) is 3.52. The van der Waals surface area contributed by atoms with Crippen LogP contribution in [-0.4, -0.2) is 21.8 Å². The van der Waals surface area contributed by atoms with Gasteiger partial charge < -0.3 is 5.11 Å². The highest BCUT2D eigenvalue weighted by Crippen LogP contribution is 2.19. The van der Waals surface area contributed by atoms with Crippen molar-refractivity contribution in [1.29, 1.82) is 0 Å². The predicted octanol–water partition coefficient (Wildman–Crippen LogP) is 1.96. The van der Waals surface area contributed by atoms with E-state index in [2.05, 4.69) is 24.5 Å². The fourth-order valence-corrected chi connectivity index (χ4v) is 1.25. The molecular formula is C11H9NO4S. The molecule has 1 rings (SSSR count). The maximum absolute atomic E-state index is 10.8. The van der Waals surface area contributed by atoms with Gasteiger partial charge in [-0.1, -0.05) is 11.8 Å². The Hall–Kier alpha value is -2.00. The van der Waals surface area contributed by atoms with E-state index in [0.29, 0.717) is 12.2 Å². The van der Waals surface area contributed by atoms with Crippen LogP contribution in [0.5, 0.6) is 0 Å². The smallest absolute Gasteiger partial charge is 0.335 e. The normalized spacial score (nSPS) is 9.24. The molecule has 0 aromatic heterocycles. The average molecular weight is 251 g/mol. The first-order chi connectivity index (χ1) is 8.06. The van der Waals surface area contributed by atoms with Gasteiger partial charge in [-0.15, -0.1) is 0 Å². The first kappa shape index (κ1) is 13.1. The topological polar surface area (TPSA) is 80.4 Å². The van der Waals surface area contributed by atoms with E-state index in [9.17, 15) is 14.9 Å². The van der Waals surface area contributed by atoms with Gasteiger partial charge in [-0.3, -0.25) is 10.1 Å². The zero-order valence-electron chi connectivity index (χ0n) is 8.71. The Morgan fingerprint density at radius 3 is 2.76 bits per heavy atom. The van der Waals surface area contributed by atoms with E-state index in [0.717, 1.165) is 6.07 Å². The predicted molar refractivity (Wildman–Crippen MR) is 65.4 cm³/mol. The van der Waals surface area contributed by atoms with Crippen LogP contribution < -0.4 is 0 Å². The molecule has 0 unspecified atom stereocenters. The number of aromatic carboxylic acids is 1. The van der Waals surface area contributed by atoms with Crippen LogP contribution in [0.25, 0.3) is 0 Å². The Morgan fingerprint density at radius 2 is 2.24 bits per heavy atom. The van der Waals surface area contributed by atoms with Crippen molar-refractivity contribution >= 4 is 24.3 Å². The summed E-state index contributed by atoms with van der Waals surface area (Å²) in [4.78, 5) is 20.8. The lowest BCUT2D eigenvalue weighted by Crippen LogP contribution is -1.99. The summed E-state index contributed by atoms with van der Waals surface area (Å²) in [6, 6.07) is 3.64. The van der Waals surface area contributed by atoms with Crippen molar-refractivity contribution in [3.63, 3.8) is 0 Å². The van der Waals surface area contributed by atoms with Gasteiger partial charge in [-0.05, 0) is 12.1 Å². The number of nitro benzene ring substituents is 1. The summed E-state index contributed by atoms with van der Waals surface area (Å²) in [6.45, 7) is 0. The molecule has 0 aliphatic heterocycles. The molecule has 1 aromatic rings. The van der Waals surface area contributed by atoms with E-state index >= 15 is 0 Å². The minimum Gasteiger partial charge on any atom is -0.478 e. The first-order valence-corrected chi connectivity index (χ1v) is 5.31. The molecule has 6 heteroatoms. The van der Waals surface area contributed by atoms with Crippen LogP contribution in [0.4, 0.5) is 5.69 Å². The molecule has 1 aromatic carbocycles. The average Bonchev–Trinajstić information content (AvgIpc) is 2.29. The third kappa shape index (κ3) is 3.50. The van der Waals surface area contributed by atoms with Gasteiger partial charge in [0, 0.05) is 18.2 Å². The molecule has 0 aliphatic carbocycles. The van der Waals surface area contributed by atoms with Crippen LogP contribution in [0.1, 0.15) is 22.3 Å². The minimum absolute atomic E-state index is 0.128. The summed E-state index contributed by atoms with van der Waals surface area (Å²) in [5.74, 6) is 4.70. The van der Waals surface area contributed by atoms with Crippen molar-refractivity contribution in [3.05, 3.63) is 39.4 Å². The largest absolute Gasteiger partial charge is 0.478 e. The Labute approximate surface area is 103 Å². The molecule has 0 bridgehead atoms. The van der Waals surface area contributed by atoms with Crippen LogP contribution in [0.3, 0.4) is 0 Å². The highest BCUT2D eigenvalue weighted by Gasteiger charge is 2.15. The number of hydrogen-bond acceptors (Lipinski definition) is 4. The molecule has 0 saturated heterocycles. The minimum atomic E-state index is -1.21. The lowest BCUT2D eigenvalue weighted by atomic mass is 10.1. The van der Waals surface area contributed by atoms with E-state index in [4.69, 9.17) is 5.11 Å². The molecule has 1 N–H and O–H groups in total. The van der Waals surface area contributed by atoms with Crippen LogP contribution in [-0.2, 0) is 0 Å². The van der Waals surface area contributed by atoms with Crippen molar-refractivity contribution in [3.8, 4) is 11.8 Å². The second-order valence-electron chi connectivity index (χ2n) is 3.07. The summed E-state index contributed by atoms with van der Waals surface area (Å²) < 4.78 is 0. The van der Waals surface area contributed by atoms with Crippen molar-refractivity contribution in [2.75, 3.05) is 5.75 Å². The van der Waals surface area contributed by atoms with E-state index in [1.165, 1.54) is 12.1 Å². The molecule has 0 amide bonds. The third-order valence-electron chi connectivity index (χ3n) is 1.90. The lowest BCUT2D eigenvalue weighted by Gasteiger charge is -1.97. The quantitative estimate of drug-likeness (QED) is 0.372. The number of nitrogens with zero attached hydrogens (tertiary/aromatic N) is 1. The van der Waals surface area contributed by atoms with Gasteiger partial charge in [0.1, 0.15) is 5.56 Å². The summed E-state index contributed by atoms with van der Waals surface area (Å²) in [7, 11) is 0. The number of hydrogen-bond donors (Lipinski definition) is 2. The third-order valence-corrected chi connectivity index (χ3v) is 2.12. The molecule has 17 heavy (non-hydrogen) atoms. The van der Waals surface area contributed by atoms with Gasteiger partial charge in [0.05, 0.1) is 10.5 Å². The van der Waals surface area contributed by atoms with Crippen molar-refractivity contribution in [2.24, 2.45) is 0 Å². The number of carbonyl (C=O) groups is 1. The van der Waals surface area contributed by atoms with Crippen molar-refractivity contribution < 1.29 is 14.8 Å². The molecule has 0 spiro atoms. The maximum Gasteiger partial charge on any atom is 0.335 e. The van der Waals surface area contributed by atoms with Gasteiger partial charge >= 0.3 is 5.97 Å². The van der Waals surface area contributed by atoms with Crippen LogP contribution >= 0.6 is 12.6 Å². The van der Waals surface area contributed by atoms with Gasteiger partial charge in [0.15, 0.2) is 0 Å². The molecule has 88 valence electrons. The Balaban J connectivity index is 3.19. The summed E-state index contributed by atoms with van der Waals surface area (Å²) in [6.07, 6.45) is 0.515. The molecule has 0 saturated carbocycles. The van der Waals surface area contributed by atoms with E-state index in [-0.39, 0.29) is 16.8 Å². The molecule has 0 atom stereocenters. The SMILES string of the molecule is O=C(O)c1ccc(C#CCCS)c([N+](=O)[O-])c1. The summed E-state index contributed by atoms with van der Waals surface area (Å²) in [5, 5.41) is 19.5. The van der Waals surface area contributed by atoms with Gasteiger partial charge in [0.2, 0.25) is 0 Å². The Bertz CT molecular complexity index is 516. The molecule has 0 aliphatic rings. The maximum atomic E-state index is 10.8. The monoisotopic (exact) mass is 251 g/mol. The highest BCUT2D eigenvalue weighted by molar-refractivity contribution is 7.80. The number of benzene rings is 1. The van der Waals surface area contributed by atoms with Crippen molar-refractivity contribution in [2.45, 2.75) is 6.42 Å². The van der Waals surface area contributed by atoms with Crippen LogP contribution in [0.2, 0.25) is 0 Å². The number of carboxylic acid groups (broad SMARTS) is 1.